The molecule has 0 spiro atoms. The van der Waals surface area contributed by atoms with E-state index in [4.69, 9.17) is 0 Å². The number of nitrogens with zero attached hydrogens (tertiary/aromatic N) is 6. The van der Waals surface area contributed by atoms with Gasteiger partial charge in [0.1, 0.15) is 11.6 Å². The van der Waals surface area contributed by atoms with Gasteiger partial charge in [-0.05, 0) is 45.5 Å². The fourth-order valence-electron chi connectivity index (χ4n) is 3.75. The summed E-state index contributed by atoms with van der Waals surface area (Å²) >= 11 is 0. The number of carbonyl (C=O) groups is 1. The molecule has 152 valence electrons. The topological polar surface area (TPSA) is 57.5 Å². The quantitative estimate of drug-likeness (QED) is 0.734. The highest BCUT2D eigenvalue weighted by molar-refractivity contribution is 5.94. The molecule has 1 atom stereocenters. The van der Waals surface area contributed by atoms with Gasteiger partial charge in [0.2, 0.25) is 0 Å². The zero-order chi connectivity index (χ0) is 20.1. The van der Waals surface area contributed by atoms with Gasteiger partial charge in [-0.3, -0.25) is 4.79 Å². The molecule has 2 aromatic heterocycles. The van der Waals surface area contributed by atoms with Crippen LogP contribution in [0.15, 0.2) is 30.7 Å². The molecule has 1 amide bonds. The third kappa shape index (κ3) is 4.70. The molecule has 3 heterocycles. The molecular formula is C21H32N6O. The highest BCUT2D eigenvalue weighted by Gasteiger charge is 2.21. The first-order valence-electron chi connectivity index (χ1n) is 10.1. The standard InChI is InChI=1S/C21H32N6O/c1-5-27(16-20-22-11-13-25(20)3)21(28)17-9-10-19(23-14-17)26(4)15-18-8-6-7-12-24(18)2/h9-11,13-14,18H,5-8,12,15-16H2,1-4H3. The van der Waals surface area contributed by atoms with Crippen molar-refractivity contribution in [2.45, 2.75) is 38.8 Å². The summed E-state index contributed by atoms with van der Waals surface area (Å²) < 4.78 is 1.94. The smallest absolute Gasteiger partial charge is 0.255 e. The molecule has 1 unspecified atom stereocenters. The summed E-state index contributed by atoms with van der Waals surface area (Å²) in [5, 5.41) is 0. The maximum atomic E-state index is 12.9. The molecule has 1 fully saturated rings. The molecule has 0 saturated carbocycles. The van der Waals surface area contributed by atoms with E-state index in [1.807, 2.05) is 36.9 Å². The SMILES string of the molecule is CCN(Cc1nccn1C)C(=O)c1ccc(N(C)CC2CCCCN2C)nc1. The van der Waals surface area contributed by atoms with Crippen LogP contribution < -0.4 is 4.90 Å². The number of piperidine rings is 1. The summed E-state index contributed by atoms with van der Waals surface area (Å²) in [7, 11) is 6.22. The highest BCUT2D eigenvalue weighted by Crippen LogP contribution is 2.19. The van der Waals surface area contributed by atoms with Gasteiger partial charge in [-0.2, -0.15) is 0 Å². The minimum absolute atomic E-state index is 0.0146. The first-order valence-corrected chi connectivity index (χ1v) is 10.1. The number of aromatic nitrogens is 3. The zero-order valence-electron chi connectivity index (χ0n) is 17.5. The molecule has 7 heteroatoms. The van der Waals surface area contributed by atoms with Gasteiger partial charge in [0.25, 0.3) is 5.91 Å². The molecule has 0 aromatic carbocycles. The number of likely N-dealkylation sites (N-methyl/N-ethyl adjacent to an activating group) is 2. The van der Waals surface area contributed by atoms with Crippen molar-refractivity contribution in [1.29, 1.82) is 0 Å². The second-order valence-corrected chi connectivity index (χ2v) is 7.69. The van der Waals surface area contributed by atoms with Gasteiger partial charge in [-0.1, -0.05) is 6.42 Å². The van der Waals surface area contributed by atoms with E-state index in [1.54, 1.807) is 17.3 Å². The predicted octanol–water partition coefficient (Wildman–Crippen LogP) is 2.40. The summed E-state index contributed by atoms with van der Waals surface area (Å²) in [6, 6.07) is 4.40. The summed E-state index contributed by atoms with van der Waals surface area (Å²) in [5.74, 6) is 1.76. The molecule has 3 rings (SSSR count). The van der Waals surface area contributed by atoms with Crippen LogP contribution in [-0.2, 0) is 13.6 Å². The van der Waals surface area contributed by atoms with Crippen molar-refractivity contribution in [2.75, 3.05) is 38.6 Å². The van der Waals surface area contributed by atoms with E-state index < -0.39 is 0 Å². The maximum absolute atomic E-state index is 12.9. The normalized spacial score (nSPS) is 17.5. The molecule has 2 aromatic rings. The van der Waals surface area contributed by atoms with Crippen LogP contribution in [0.2, 0.25) is 0 Å². The average Bonchev–Trinajstić information content (AvgIpc) is 3.12. The van der Waals surface area contributed by atoms with Crippen molar-refractivity contribution in [3.05, 3.63) is 42.1 Å². The van der Waals surface area contributed by atoms with Gasteiger partial charge in [-0.25, -0.2) is 9.97 Å². The molecule has 0 N–H and O–H groups in total. The largest absolute Gasteiger partial charge is 0.358 e. The van der Waals surface area contributed by atoms with Crippen molar-refractivity contribution >= 4 is 11.7 Å². The first-order chi connectivity index (χ1) is 13.5. The predicted molar refractivity (Wildman–Crippen MR) is 111 cm³/mol. The monoisotopic (exact) mass is 384 g/mol. The van der Waals surface area contributed by atoms with Gasteiger partial charge >= 0.3 is 0 Å². The summed E-state index contributed by atoms with van der Waals surface area (Å²) in [6.45, 7) is 5.23. The van der Waals surface area contributed by atoms with Crippen LogP contribution in [0.4, 0.5) is 5.82 Å². The number of pyridine rings is 1. The first kappa shape index (κ1) is 20.3. The Labute approximate surface area is 168 Å². The van der Waals surface area contributed by atoms with Crippen molar-refractivity contribution in [3.63, 3.8) is 0 Å². The Morgan fingerprint density at radius 2 is 2.07 bits per heavy atom. The van der Waals surface area contributed by atoms with Gasteiger partial charge < -0.3 is 19.3 Å². The Morgan fingerprint density at radius 3 is 2.68 bits per heavy atom. The lowest BCUT2D eigenvalue weighted by molar-refractivity contribution is 0.0747. The lowest BCUT2D eigenvalue weighted by Crippen LogP contribution is -2.43. The van der Waals surface area contributed by atoms with Crippen LogP contribution in [0.5, 0.6) is 0 Å². The number of rotatable bonds is 7. The van der Waals surface area contributed by atoms with Crippen LogP contribution in [0.1, 0.15) is 42.4 Å². The number of imidazole rings is 1. The van der Waals surface area contributed by atoms with Crippen LogP contribution in [0, 0.1) is 0 Å². The Morgan fingerprint density at radius 1 is 1.25 bits per heavy atom. The Bertz CT molecular complexity index is 771. The number of anilines is 1. The van der Waals surface area contributed by atoms with Crippen LogP contribution in [0.3, 0.4) is 0 Å². The van der Waals surface area contributed by atoms with E-state index in [1.165, 1.54) is 25.8 Å². The molecular weight excluding hydrogens is 352 g/mol. The minimum Gasteiger partial charge on any atom is -0.358 e. The Balaban J connectivity index is 1.63. The van der Waals surface area contributed by atoms with E-state index >= 15 is 0 Å². The third-order valence-corrected chi connectivity index (χ3v) is 5.71. The second-order valence-electron chi connectivity index (χ2n) is 7.69. The third-order valence-electron chi connectivity index (χ3n) is 5.71. The van der Waals surface area contributed by atoms with Gasteiger partial charge in [0.05, 0.1) is 12.1 Å². The number of amides is 1. The van der Waals surface area contributed by atoms with Crippen LogP contribution in [0.25, 0.3) is 0 Å². The average molecular weight is 385 g/mol. The highest BCUT2D eigenvalue weighted by atomic mass is 16.2. The molecule has 1 aliphatic heterocycles. The van der Waals surface area contributed by atoms with Crippen molar-refractivity contribution in [2.24, 2.45) is 7.05 Å². The van der Waals surface area contributed by atoms with Gasteiger partial charge in [0, 0.05) is 51.8 Å². The number of hydrogen-bond donors (Lipinski definition) is 0. The van der Waals surface area contributed by atoms with Gasteiger partial charge in [-0.15, -0.1) is 0 Å². The van der Waals surface area contributed by atoms with E-state index in [2.05, 4.69) is 33.9 Å². The molecule has 28 heavy (non-hydrogen) atoms. The Kier molecular flexibility index (Phi) is 6.67. The summed E-state index contributed by atoms with van der Waals surface area (Å²) in [5.41, 5.74) is 0.614. The lowest BCUT2D eigenvalue weighted by Gasteiger charge is -2.35. The number of likely N-dealkylation sites (tertiary alicyclic amines) is 1. The molecule has 0 bridgehead atoms. The molecule has 0 aliphatic carbocycles. The van der Waals surface area contributed by atoms with Crippen LogP contribution in [-0.4, -0.2) is 70.0 Å². The maximum Gasteiger partial charge on any atom is 0.255 e. The van der Waals surface area contributed by atoms with Crippen LogP contribution >= 0.6 is 0 Å². The summed E-state index contributed by atoms with van der Waals surface area (Å²) in [4.78, 5) is 28.2. The minimum atomic E-state index is -0.0146. The number of carbonyl (C=O) groups excluding carboxylic acids is 1. The van der Waals surface area contributed by atoms with Crippen molar-refractivity contribution in [1.82, 2.24) is 24.3 Å². The number of aryl methyl sites for hydroxylation is 1. The summed E-state index contributed by atoms with van der Waals surface area (Å²) in [6.07, 6.45) is 9.16. The second kappa shape index (κ2) is 9.19. The molecule has 7 nitrogen and oxygen atoms in total. The van der Waals surface area contributed by atoms with Crippen molar-refractivity contribution < 1.29 is 4.79 Å². The van der Waals surface area contributed by atoms with E-state index in [-0.39, 0.29) is 5.91 Å². The lowest BCUT2D eigenvalue weighted by atomic mass is 10.0. The fraction of sp³-hybridized carbons (Fsp3) is 0.571. The molecule has 1 aliphatic rings. The number of hydrogen-bond acceptors (Lipinski definition) is 5. The van der Waals surface area contributed by atoms with E-state index in [9.17, 15) is 4.79 Å². The molecule has 0 radical (unpaired) electrons. The Hall–Kier alpha value is -2.41. The van der Waals surface area contributed by atoms with Crippen molar-refractivity contribution in [3.8, 4) is 0 Å². The van der Waals surface area contributed by atoms with E-state index in [0.29, 0.717) is 24.7 Å². The van der Waals surface area contributed by atoms with Gasteiger partial charge in [0.15, 0.2) is 0 Å². The fourth-order valence-corrected chi connectivity index (χ4v) is 3.75. The molecule has 1 saturated heterocycles. The van der Waals surface area contributed by atoms with E-state index in [0.717, 1.165) is 18.2 Å². The zero-order valence-corrected chi connectivity index (χ0v) is 17.5.